The number of carbonyl (C=O) groups is 1. The van der Waals surface area contributed by atoms with Gasteiger partial charge in [0.05, 0.1) is 16.4 Å². The third-order valence-corrected chi connectivity index (χ3v) is 9.53. The molecule has 0 bridgehead atoms. The van der Waals surface area contributed by atoms with Crippen molar-refractivity contribution in [2.45, 2.75) is 37.1 Å². The Morgan fingerprint density at radius 1 is 1.26 bits per heavy atom. The number of aromatic nitrogens is 1. The number of nitrogens with one attached hydrogen (secondary N) is 1. The van der Waals surface area contributed by atoms with E-state index in [9.17, 15) is 13.2 Å². The molecule has 4 rings (SSSR count). The van der Waals surface area contributed by atoms with Crippen LogP contribution in [0.3, 0.4) is 0 Å². The van der Waals surface area contributed by atoms with Crippen molar-refractivity contribution < 1.29 is 13.2 Å². The molecular formula is C21H22ClN3O3S3. The van der Waals surface area contributed by atoms with E-state index in [1.165, 1.54) is 21.7 Å². The monoisotopic (exact) mass is 495 g/mol. The van der Waals surface area contributed by atoms with E-state index < -0.39 is 10.0 Å². The van der Waals surface area contributed by atoms with Crippen LogP contribution in [0.25, 0.3) is 0 Å². The molecule has 1 amide bonds. The highest BCUT2D eigenvalue weighted by atomic mass is 35.5. The summed E-state index contributed by atoms with van der Waals surface area (Å²) < 4.78 is 27.4. The van der Waals surface area contributed by atoms with Crippen molar-refractivity contribution in [1.82, 2.24) is 14.6 Å². The van der Waals surface area contributed by atoms with E-state index in [0.29, 0.717) is 43.2 Å². The first kappa shape index (κ1) is 22.4. The van der Waals surface area contributed by atoms with Crippen LogP contribution in [0.1, 0.15) is 44.7 Å². The fraction of sp³-hybridized carbons (Fsp3) is 0.333. The standard InChI is InChI=1S/C21H22ClN3O3S3/c1-14-4-5-17(11-18(14)22)31(27,28)25-8-6-15(7-9-25)21-24-19(13-30-21)20(26)23-12-16-3-2-10-29-16/h2-5,10-11,13,15H,6-9,12H2,1H3,(H,23,26). The summed E-state index contributed by atoms with van der Waals surface area (Å²) in [5.41, 5.74) is 1.26. The lowest BCUT2D eigenvalue weighted by Gasteiger charge is -2.30. The van der Waals surface area contributed by atoms with Gasteiger partial charge in [0.1, 0.15) is 5.69 Å². The summed E-state index contributed by atoms with van der Waals surface area (Å²) in [4.78, 5) is 18.2. The largest absolute Gasteiger partial charge is 0.346 e. The summed E-state index contributed by atoms with van der Waals surface area (Å²) in [6.07, 6.45) is 1.34. The van der Waals surface area contributed by atoms with Gasteiger partial charge in [-0.05, 0) is 48.9 Å². The second-order valence-electron chi connectivity index (χ2n) is 7.42. The van der Waals surface area contributed by atoms with E-state index in [1.54, 1.807) is 28.8 Å². The predicted molar refractivity (Wildman–Crippen MR) is 125 cm³/mol. The lowest BCUT2D eigenvalue weighted by atomic mass is 9.99. The maximum Gasteiger partial charge on any atom is 0.271 e. The van der Waals surface area contributed by atoms with Crippen LogP contribution in [0.15, 0.2) is 46.0 Å². The average Bonchev–Trinajstić information content (AvgIpc) is 3.46. The molecule has 1 saturated heterocycles. The number of nitrogens with zero attached hydrogens (tertiary/aromatic N) is 2. The molecule has 1 N–H and O–H groups in total. The zero-order valence-electron chi connectivity index (χ0n) is 16.9. The SMILES string of the molecule is Cc1ccc(S(=O)(=O)N2CCC(c3nc(C(=O)NCc4cccs4)cs3)CC2)cc1Cl. The van der Waals surface area contributed by atoms with E-state index in [4.69, 9.17) is 11.6 Å². The predicted octanol–water partition coefficient (Wildman–Crippen LogP) is 4.66. The summed E-state index contributed by atoms with van der Waals surface area (Å²) in [6.45, 7) is 3.16. The van der Waals surface area contributed by atoms with E-state index in [2.05, 4.69) is 10.3 Å². The summed E-state index contributed by atoms with van der Waals surface area (Å²) in [5.74, 6) is -0.0379. The Kier molecular flexibility index (Phi) is 6.78. The number of benzene rings is 1. The summed E-state index contributed by atoms with van der Waals surface area (Å²) >= 11 is 9.18. The molecule has 1 aliphatic heterocycles. The molecule has 31 heavy (non-hydrogen) atoms. The Morgan fingerprint density at radius 2 is 2.03 bits per heavy atom. The van der Waals surface area contributed by atoms with Gasteiger partial charge in [0.15, 0.2) is 0 Å². The lowest BCUT2D eigenvalue weighted by molar-refractivity contribution is 0.0946. The first-order chi connectivity index (χ1) is 14.8. The number of thiophene rings is 1. The highest BCUT2D eigenvalue weighted by Crippen LogP contribution is 2.33. The van der Waals surface area contributed by atoms with E-state index in [1.807, 2.05) is 24.4 Å². The Hall–Kier alpha value is -1.78. The third kappa shape index (κ3) is 5.01. The average molecular weight is 496 g/mol. The molecule has 0 unspecified atom stereocenters. The molecular weight excluding hydrogens is 474 g/mol. The Morgan fingerprint density at radius 3 is 2.71 bits per heavy atom. The van der Waals surface area contributed by atoms with E-state index >= 15 is 0 Å². The van der Waals surface area contributed by atoms with Crippen LogP contribution in [-0.2, 0) is 16.6 Å². The number of halogens is 1. The topological polar surface area (TPSA) is 79.4 Å². The van der Waals surface area contributed by atoms with Gasteiger partial charge < -0.3 is 5.32 Å². The number of thiazole rings is 1. The minimum atomic E-state index is -3.58. The van der Waals surface area contributed by atoms with Crippen molar-refractivity contribution in [1.29, 1.82) is 0 Å². The van der Waals surface area contributed by atoms with Crippen LogP contribution in [0.4, 0.5) is 0 Å². The molecule has 0 aliphatic carbocycles. The molecule has 10 heteroatoms. The van der Waals surface area contributed by atoms with Gasteiger partial charge in [-0.25, -0.2) is 13.4 Å². The number of sulfonamides is 1. The van der Waals surface area contributed by atoms with Gasteiger partial charge in [0, 0.05) is 34.3 Å². The van der Waals surface area contributed by atoms with Crippen molar-refractivity contribution in [3.63, 3.8) is 0 Å². The van der Waals surface area contributed by atoms with Gasteiger partial charge in [-0.15, -0.1) is 22.7 Å². The normalized spacial score (nSPS) is 15.8. The van der Waals surface area contributed by atoms with Crippen molar-refractivity contribution >= 4 is 50.2 Å². The summed E-state index contributed by atoms with van der Waals surface area (Å²) in [5, 5.41) is 7.97. The highest BCUT2D eigenvalue weighted by molar-refractivity contribution is 7.89. The molecule has 3 heterocycles. The maximum absolute atomic E-state index is 13.0. The van der Waals surface area contributed by atoms with E-state index in [0.717, 1.165) is 15.4 Å². The van der Waals surface area contributed by atoms with E-state index in [-0.39, 0.29) is 16.7 Å². The van der Waals surface area contributed by atoms with Crippen LogP contribution in [0.5, 0.6) is 0 Å². The molecule has 3 aromatic rings. The zero-order valence-corrected chi connectivity index (χ0v) is 20.1. The van der Waals surface area contributed by atoms with Gasteiger partial charge in [0.25, 0.3) is 5.91 Å². The van der Waals surface area contributed by atoms with Gasteiger partial charge in [0.2, 0.25) is 10.0 Å². The molecule has 0 atom stereocenters. The molecule has 1 fully saturated rings. The number of aryl methyl sites for hydroxylation is 1. The highest BCUT2D eigenvalue weighted by Gasteiger charge is 2.31. The number of carbonyl (C=O) groups excluding carboxylic acids is 1. The van der Waals surface area contributed by atoms with Crippen LogP contribution in [0, 0.1) is 6.92 Å². The molecule has 0 spiro atoms. The van der Waals surface area contributed by atoms with Crippen LogP contribution in [-0.4, -0.2) is 36.7 Å². The summed E-state index contributed by atoms with van der Waals surface area (Å²) in [6, 6.07) is 8.77. The number of amides is 1. The van der Waals surface area contributed by atoms with Gasteiger partial charge in [-0.3, -0.25) is 4.79 Å². The van der Waals surface area contributed by atoms with Crippen LogP contribution < -0.4 is 5.32 Å². The van der Waals surface area contributed by atoms with Gasteiger partial charge >= 0.3 is 0 Å². The lowest BCUT2D eigenvalue weighted by Crippen LogP contribution is -2.37. The van der Waals surface area contributed by atoms with Gasteiger partial charge in [-0.2, -0.15) is 4.31 Å². The summed E-state index contributed by atoms with van der Waals surface area (Å²) in [7, 11) is -3.58. The molecule has 0 saturated carbocycles. The number of rotatable bonds is 6. The molecule has 2 aromatic heterocycles. The Bertz CT molecular complexity index is 1170. The second kappa shape index (κ2) is 9.38. The fourth-order valence-electron chi connectivity index (χ4n) is 3.48. The smallest absolute Gasteiger partial charge is 0.271 e. The first-order valence-electron chi connectivity index (χ1n) is 9.87. The van der Waals surface area contributed by atoms with Crippen molar-refractivity contribution in [3.05, 3.63) is 67.3 Å². The van der Waals surface area contributed by atoms with Crippen LogP contribution in [0.2, 0.25) is 5.02 Å². The molecule has 1 aliphatic rings. The van der Waals surface area contributed by atoms with Crippen molar-refractivity contribution in [3.8, 4) is 0 Å². The number of hydrogen-bond donors (Lipinski definition) is 1. The van der Waals surface area contributed by atoms with Crippen molar-refractivity contribution in [2.24, 2.45) is 0 Å². The maximum atomic E-state index is 13.0. The minimum Gasteiger partial charge on any atom is -0.346 e. The molecule has 164 valence electrons. The third-order valence-electron chi connectivity index (χ3n) is 5.34. The minimum absolute atomic E-state index is 0.150. The molecule has 1 aromatic carbocycles. The van der Waals surface area contributed by atoms with Crippen molar-refractivity contribution in [2.75, 3.05) is 13.1 Å². The fourth-order valence-corrected chi connectivity index (χ4v) is 6.83. The Labute approximate surface area is 194 Å². The Balaban J connectivity index is 1.36. The number of piperidine rings is 1. The van der Waals surface area contributed by atoms with Crippen LogP contribution >= 0.6 is 34.3 Å². The zero-order chi connectivity index (χ0) is 22.0. The van der Waals surface area contributed by atoms with Gasteiger partial charge in [-0.1, -0.05) is 23.7 Å². The molecule has 6 nitrogen and oxygen atoms in total. The first-order valence-corrected chi connectivity index (χ1v) is 13.4. The molecule has 0 radical (unpaired) electrons. The second-order valence-corrected chi connectivity index (χ2v) is 11.7. The number of hydrogen-bond acceptors (Lipinski definition) is 6. The quantitative estimate of drug-likeness (QED) is 0.539.